The van der Waals surface area contributed by atoms with Crippen LogP contribution in [0.5, 0.6) is 5.75 Å². The summed E-state index contributed by atoms with van der Waals surface area (Å²) in [5, 5.41) is 20.7. The number of unbranched alkanes of at least 4 members (excludes halogenated alkanes) is 2. The number of ketones is 1. The van der Waals surface area contributed by atoms with Gasteiger partial charge in [0, 0.05) is 11.9 Å². The van der Waals surface area contributed by atoms with Gasteiger partial charge in [0.1, 0.15) is 17.1 Å². The van der Waals surface area contributed by atoms with Crippen molar-refractivity contribution in [1.29, 1.82) is 0 Å². The van der Waals surface area contributed by atoms with E-state index in [0.717, 1.165) is 30.4 Å². The molecule has 1 N–H and O–H groups in total. The number of fused-ring (bicyclic) bond motifs is 1. The second-order valence-electron chi connectivity index (χ2n) is 11.3. The second-order valence-corrected chi connectivity index (χ2v) is 13.5. The quantitative estimate of drug-likeness (QED) is 0.0388. The molecule has 3 aromatic heterocycles. The van der Waals surface area contributed by atoms with Crippen LogP contribution in [-0.2, 0) is 15.3 Å². The van der Waals surface area contributed by atoms with Crippen LogP contribution in [0.2, 0.25) is 0 Å². The van der Waals surface area contributed by atoms with E-state index in [-0.39, 0.29) is 22.2 Å². The fourth-order valence-corrected chi connectivity index (χ4v) is 7.32. The van der Waals surface area contributed by atoms with Crippen molar-refractivity contribution in [3.63, 3.8) is 0 Å². The SMILES string of the molecule is CCCCCOc1ccc(C2C(=C(O)c3nc4c(C)cccn4c3C)C(=O)C(=O)N2c2nnc(SCc3ccc(C)cc3)s2)cc1. The smallest absolute Gasteiger partial charge is 0.301 e. The van der Waals surface area contributed by atoms with Crippen LogP contribution in [0.15, 0.2) is 76.8 Å². The van der Waals surface area contributed by atoms with Crippen molar-refractivity contribution >= 4 is 51.3 Å². The minimum absolute atomic E-state index is 0.0465. The number of hydrogen-bond acceptors (Lipinski definition) is 9. The summed E-state index contributed by atoms with van der Waals surface area (Å²) in [6, 6.07) is 18.4. The second kappa shape index (κ2) is 13.5. The number of Topliss-reactive ketones (excluding diaryl/α,β-unsaturated/α-hetero) is 1. The van der Waals surface area contributed by atoms with Crippen LogP contribution < -0.4 is 9.64 Å². The zero-order valence-electron chi connectivity index (χ0n) is 26.2. The van der Waals surface area contributed by atoms with E-state index in [1.807, 2.05) is 67.8 Å². The highest BCUT2D eigenvalue weighted by Crippen LogP contribution is 2.44. The van der Waals surface area contributed by atoms with Gasteiger partial charge in [-0.25, -0.2) is 4.98 Å². The van der Waals surface area contributed by atoms with Crippen molar-refractivity contribution in [3.05, 3.63) is 106 Å². The standard InChI is InChI=1S/C35H35N5O4S2/c1-5-6-7-19-44-26-16-14-25(15-17-26)29-27(30(41)28-23(4)39-18-8-9-22(3)32(39)36-28)31(42)33(43)40(29)34-37-38-35(46-34)45-20-24-12-10-21(2)11-13-24/h8-18,29,41H,5-7,19-20H2,1-4H3. The van der Waals surface area contributed by atoms with E-state index in [4.69, 9.17) is 9.72 Å². The van der Waals surface area contributed by atoms with Gasteiger partial charge in [-0.15, -0.1) is 10.2 Å². The minimum atomic E-state index is -0.942. The van der Waals surface area contributed by atoms with E-state index in [1.54, 1.807) is 0 Å². The molecule has 0 spiro atoms. The van der Waals surface area contributed by atoms with Gasteiger partial charge in [0.25, 0.3) is 5.78 Å². The summed E-state index contributed by atoms with van der Waals surface area (Å²) in [6.07, 6.45) is 5.00. The number of amides is 1. The molecular weight excluding hydrogens is 619 g/mol. The first-order chi connectivity index (χ1) is 22.3. The van der Waals surface area contributed by atoms with E-state index < -0.39 is 17.7 Å². The van der Waals surface area contributed by atoms with E-state index >= 15 is 0 Å². The normalized spacial score (nSPS) is 16.1. The van der Waals surface area contributed by atoms with Crippen LogP contribution in [-0.4, -0.2) is 43.0 Å². The van der Waals surface area contributed by atoms with Crippen molar-refractivity contribution in [2.45, 2.75) is 63.1 Å². The Morgan fingerprint density at radius 2 is 1.76 bits per heavy atom. The Balaban J connectivity index is 1.39. The Kier molecular flexibility index (Phi) is 9.23. The number of hydrogen-bond donors (Lipinski definition) is 1. The lowest BCUT2D eigenvalue weighted by atomic mass is 9.96. The van der Waals surface area contributed by atoms with E-state index in [2.05, 4.69) is 41.4 Å². The Bertz CT molecular complexity index is 1930. The molecule has 1 aliphatic rings. The maximum Gasteiger partial charge on any atom is 0.301 e. The molecule has 46 heavy (non-hydrogen) atoms. The van der Waals surface area contributed by atoms with Gasteiger partial charge in [-0.3, -0.25) is 14.5 Å². The van der Waals surface area contributed by atoms with Gasteiger partial charge in [0.15, 0.2) is 10.1 Å². The summed E-state index contributed by atoms with van der Waals surface area (Å²) in [5.41, 5.74) is 5.40. The number of ether oxygens (including phenoxy) is 1. The summed E-state index contributed by atoms with van der Waals surface area (Å²) < 4.78 is 8.44. The molecule has 5 aromatic rings. The van der Waals surface area contributed by atoms with Crippen molar-refractivity contribution < 1.29 is 19.4 Å². The highest BCUT2D eigenvalue weighted by molar-refractivity contribution is 8.00. The summed E-state index contributed by atoms with van der Waals surface area (Å²) in [6.45, 7) is 8.55. The fourth-order valence-electron chi connectivity index (χ4n) is 5.50. The van der Waals surface area contributed by atoms with Crippen molar-refractivity contribution in [1.82, 2.24) is 19.6 Å². The number of pyridine rings is 1. The molecule has 2 aromatic carbocycles. The number of thioether (sulfide) groups is 1. The third kappa shape index (κ3) is 6.17. The van der Waals surface area contributed by atoms with Gasteiger partial charge in [0.05, 0.1) is 23.9 Å². The molecule has 4 heterocycles. The number of anilines is 1. The van der Waals surface area contributed by atoms with Crippen LogP contribution in [0.1, 0.15) is 65.9 Å². The average Bonchev–Trinajstić information content (AvgIpc) is 3.74. The largest absolute Gasteiger partial charge is 0.505 e. The van der Waals surface area contributed by atoms with Gasteiger partial charge in [0.2, 0.25) is 5.13 Å². The van der Waals surface area contributed by atoms with Crippen LogP contribution >= 0.6 is 23.1 Å². The lowest BCUT2D eigenvalue weighted by Gasteiger charge is -2.22. The molecule has 6 rings (SSSR count). The summed E-state index contributed by atoms with van der Waals surface area (Å²) in [7, 11) is 0. The number of aryl methyl sites for hydroxylation is 3. The molecule has 11 heteroatoms. The minimum Gasteiger partial charge on any atom is -0.505 e. The molecule has 0 radical (unpaired) electrons. The number of benzene rings is 2. The predicted octanol–water partition coefficient (Wildman–Crippen LogP) is 7.60. The highest BCUT2D eigenvalue weighted by atomic mass is 32.2. The molecule has 0 aliphatic carbocycles. The lowest BCUT2D eigenvalue weighted by molar-refractivity contribution is -0.132. The summed E-state index contributed by atoms with van der Waals surface area (Å²) in [5.74, 6) is -0.544. The Labute approximate surface area is 276 Å². The maximum absolute atomic E-state index is 13.8. The van der Waals surface area contributed by atoms with Crippen molar-refractivity contribution in [2.24, 2.45) is 0 Å². The first-order valence-electron chi connectivity index (χ1n) is 15.3. The Morgan fingerprint density at radius 1 is 1.00 bits per heavy atom. The van der Waals surface area contributed by atoms with Gasteiger partial charge >= 0.3 is 5.91 Å². The Hall–Kier alpha value is -4.48. The molecule has 1 fully saturated rings. The first-order valence-corrected chi connectivity index (χ1v) is 17.1. The number of carbonyl (C=O) groups is 2. The monoisotopic (exact) mass is 653 g/mol. The van der Waals surface area contributed by atoms with Crippen molar-refractivity contribution in [3.8, 4) is 5.75 Å². The number of aliphatic hydroxyl groups is 1. The zero-order chi connectivity index (χ0) is 32.4. The van der Waals surface area contributed by atoms with Crippen LogP contribution in [0.4, 0.5) is 5.13 Å². The predicted molar refractivity (Wildman–Crippen MR) is 182 cm³/mol. The van der Waals surface area contributed by atoms with Crippen LogP contribution in [0.3, 0.4) is 0 Å². The lowest BCUT2D eigenvalue weighted by Crippen LogP contribution is -2.29. The maximum atomic E-state index is 13.8. The molecule has 1 aliphatic heterocycles. The number of rotatable bonds is 11. The molecule has 0 saturated carbocycles. The molecule has 1 unspecified atom stereocenters. The number of aromatic nitrogens is 4. The van der Waals surface area contributed by atoms with Crippen LogP contribution in [0.25, 0.3) is 11.4 Å². The highest BCUT2D eigenvalue weighted by Gasteiger charge is 2.49. The van der Waals surface area contributed by atoms with Gasteiger partial charge in [-0.1, -0.05) is 90.9 Å². The fraction of sp³-hybridized carbons (Fsp3) is 0.286. The third-order valence-corrected chi connectivity index (χ3v) is 10.2. The van der Waals surface area contributed by atoms with Crippen molar-refractivity contribution in [2.75, 3.05) is 11.5 Å². The molecule has 1 atom stereocenters. The molecule has 0 bridgehead atoms. The number of aliphatic hydroxyl groups excluding tert-OH is 1. The number of carbonyl (C=O) groups excluding carboxylic acids is 2. The summed E-state index contributed by atoms with van der Waals surface area (Å²) in [4.78, 5) is 33.6. The topological polar surface area (TPSA) is 110 Å². The average molecular weight is 654 g/mol. The first kappa shape index (κ1) is 31.5. The molecule has 236 valence electrons. The van der Waals surface area contributed by atoms with E-state index in [0.29, 0.717) is 39.4 Å². The van der Waals surface area contributed by atoms with E-state index in [1.165, 1.54) is 33.6 Å². The van der Waals surface area contributed by atoms with Crippen LogP contribution in [0, 0.1) is 20.8 Å². The Morgan fingerprint density at radius 3 is 2.48 bits per heavy atom. The zero-order valence-corrected chi connectivity index (χ0v) is 27.8. The van der Waals surface area contributed by atoms with Gasteiger partial charge in [-0.05, 0) is 62.1 Å². The number of imidazole rings is 1. The summed E-state index contributed by atoms with van der Waals surface area (Å²) >= 11 is 2.75. The van der Waals surface area contributed by atoms with Gasteiger partial charge < -0.3 is 14.2 Å². The molecule has 9 nitrogen and oxygen atoms in total. The van der Waals surface area contributed by atoms with E-state index in [9.17, 15) is 14.7 Å². The third-order valence-electron chi connectivity index (χ3n) is 8.05. The molecule has 1 amide bonds. The molecular formula is C35H35N5O4S2. The number of nitrogens with zero attached hydrogens (tertiary/aromatic N) is 5. The molecule has 1 saturated heterocycles. The van der Waals surface area contributed by atoms with Gasteiger partial charge in [-0.2, -0.15) is 0 Å².